The first-order valence-corrected chi connectivity index (χ1v) is 4.02. The molecule has 3 N–H and O–H groups in total. The van der Waals surface area contributed by atoms with Crippen LogP contribution in [0.15, 0.2) is 0 Å². The summed E-state index contributed by atoms with van der Waals surface area (Å²) in [7, 11) is 0. The van der Waals surface area contributed by atoms with E-state index in [-0.39, 0.29) is 13.0 Å². The van der Waals surface area contributed by atoms with E-state index in [9.17, 15) is 18.0 Å². The maximum absolute atomic E-state index is 12.3. The number of amides is 1. The number of primary amides is 1. The smallest absolute Gasteiger partial charge is 0.369 e. The minimum absolute atomic E-state index is 0.215. The molecule has 0 aromatic rings. The van der Waals surface area contributed by atoms with Gasteiger partial charge >= 0.3 is 6.18 Å². The van der Waals surface area contributed by atoms with Gasteiger partial charge in [0.05, 0.1) is 5.92 Å². The van der Waals surface area contributed by atoms with E-state index in [1.807, 2.05) is 0 Å². The van der Waals surface area contributed by atoms with Crippen molar-refractivity contribution in [3.05, 3.63) is 0 Å². The number of nitrogens with two attached hydrogens (primary N) is 1. The summed E-state index contributed by atoms with van der Waals surface area (Å²) in [5.74, 6) is -2.00. The Morgan fingerprint density at radius 3 is 2.46 bits per heavy atom. The fraction of sp³-hybridized carbons (Fsp3) is 0.857. The number of hydrogen-bond donors (Lipinski definition) is 2. The van der Waals surface area contributed by atoms with Crippen LogP contribution in [0.1, 0.15) is 12.8 Å². The Morgan fingerprint density at radius 2 is 2.08 bits per heavy atom. The fourth-order valence-corrected chi connectivity index (χ4v) is 1.54. The van der Waals surface area contributed by atoms with Crippen LogP contribution in [0.25, 0.3) is 0 Å². The maximum Gasteiger partial charge on any atom is 0.404 e. The van der Waals surface area contributed by atoms with E-state index in [1.165, 1.54) is 0 Å². The van der Waals surface area contributed by atoms with Crippen molar-refractivity contribution in [2.24, 2.45) is 11.7 Å². The fourth-order valence-electron chi connectivity index (χ4n) is 1.54. The van der Waals surface area contributed by atoms with E-state index in [2.05, 4.69) is 5.32 Å². The molecule has 1 amide bonds. The number of piperidine rings is 1. The summed E-state index contributed by atoms with van der Waals surface area (Å²) in [6.07, 6.45) is -3.62. The Kier molecular flexibility index (Phi) is 2.80. The number of nitrogens with one attached hydrogen (secondary N) is 1. The number of alkyl halides is 3. The number of carbonyl (C=O) groups is 1. The lowest BCUT2D eigenvalue weighted by Gasteiger charge is -2.31. The van der Waals surface area contributed by atoms with E-state index in [0.29, 0.717) is 6.42 Å². The third-order valence-electron chi connectivity index (χ3n) is 2.18. The molecule has 2 atom stereocenters. The standard InChI is InChI=1S/C7H11F3N2O/c8-7(9,10)5-4(6(11)13)2-1-3-12-5/h4-5,12H,1-3H2,(H2,11,13). The molecule has 0 aromatic heterocycles. The SMILES string of the molecule is NC(=O)C1CCCNC1C(F)(F)F. The summed E-state index contributed by atoms with van der Waals surface area (Å²) in [4.78, 5) is 10.7. The van der Waals surface area contributed by atoms with Crippen LogP contribution in [0.3, 0.4) is 0 Å². The van der Waals surface area contributed by atoms with Crippen LogP contribution in [-0.2, 0) is 4.79 Å². The van der Waals surface area contributed by atoms with Crippen LogP contribution in [0.5, 0.6) is 0 Å². The van der Waals surface area contributed by atoms with Gasteiger partial charge in [0.25, 0.3) is 0 Å². The van der Waals surface area contributed by atoms with Gasteiger partial charge in [0.1, 0.15) is 6.04 Å². The summed E-state index contributed by atoms with van der Waals surface area (Å²) in [5, 5.41) is 2.26. The molecule has 1 heterocycles. The minimum Gasteiger partial charge on any atom is -0.369 e. The number of carbonyl (C=O) groups excluding carboxylic acids is 1. The molecular formula is C7H11F3N2O. The highest BCUT2D eigenvalue weighted by Crippen LogP contribution is 2.30. The van der Waals surface area contributed by atoms with E-state index in [0.717, 1.165) is 0 Å². The van der Waals surface area contributed by atoms with E-state index in [1.54, 1.807) is 0 Å². The first-order valence-electron chi connectivity index (χ1n) is 4.02. The quantitative estimate of drug-likeness (QED) is 0.637. The van der Waals surface area contributed by atoms with Crippen LogP contribution in [0.2, 0.25) is 0 Å². The highest BCUT2D eigenvalue weighted by atomic mass is 19.4. The van der Waals surface area contributed by atoms with Gasteiger partial charge in [0.15, 0.2) is 0 Å². The van der Waals surface area contributed by atoms with Crippen LogP contribution >= 0.6 is 0 Å². The molecule has 1 aliphatic heterocycles. The zero-order valence-electron chi connectivity index (χ0n) is 6.90. The summed E-state index contributed by atoms with van der Waals surface area (Å²) in [6, 6.07) is -1.77. The average molecular weight is 196 g/mol. The highest BCUT2D eigenvalue weighted by molar-refractivity contribution is 5.77. The molecule has 0 aliphatic carbocycles. The van der Waals surface area contributed by atoms with Gasteiger partial charge in [0.2, 0.25) is 5.91 Å². The lowest BCUT2D eigenvalue weighted by molar-refractivity contribution is -0.176. The molecule has 0 radical (unpaired) electrons. The summed E-state index contributed by atoms with van der Waals surface area (Å²) >= 11 is 0. The Balaban J connectivity index is 2.73. The molecule has 3 nitrogen and oxygen atoms in total. The maximum atomic E-state index is 12.3. The summed E-state index contributed by atoms with van der Waals surface area (Å²) in [6.45, 7) is 0.286. The van der Waals surface area contributed by atoms with Crippen LogP contribution < -0.4 is 11.1 Å². The first-order chi connectivity index (χ1) is 5.93. The molecule has 0 bridgehead atoms. The predicted octanol–water partition coefficient (Wildman–Crippen LogP) is 0.402. The zero-order chi connectivity index (χ0) is 10.1. The zero-order valence-corrected chi connectivity index (χ0v) is 6.90. The molecule has 0 saturated carbocycles. The van der Waals surface area contributed by atoms with Crippen LogP contribution in [0, 0.1) is 5.92 Å². The van der Waals surface area contributed by atoms with Crippen molar-refractivity contribution in [1.82, 2.24) is 5.32 Å². The molecule has 76 valence electrons. The van der Waals surface area contributed by atoms with Crippen molar-refractivity contribution in [2.75, 3.05) is 6.54 Å². The van der Waals surface area contributed by atoms with Crippen LogP contribution in [0.4, 0.5) is 13.2 Å². The molecular weight excluding hydrogens is 185 g/mol. The topological polar surface area (TPSA) is 55.1 Å². The van der Waals surface area contributed by atoms with Crippen molar-refractivity contribution in [3.63, 3.8) is 0 Å². The number of hydrogen-bond acceptors (Lipinski definition) is 2. The van der Waals surface area contributed by atoms with Gasteiger partial charge in [0, 0.05) is 0 Å². The van der Waals surface area contributed by atoms with Crippen LogP contribution in [-0.4, -0.2) is 24.7 Å². The highest BCUT2D eigenvalue weighted by Gasteiger charge is 2.47. The van der Waals surface area contributed by atoms with Crippen molar-refractivity contribution in [1.29, 1.82) is 0 Å². The second-order valence-corrected chi connectivity index (χ2v) is 3.12. The number of rotatable bonds is 1. The second kappa shape index (κ2) is 3.53. The van der Waals surface area contributed by atoms with Gasteiger partial charge in [-0.05, 0) is 19.4 Å². The third-order valence-corrected chi connectivity index (χ3v) is 2.18. The van der Waals surface area contributed by atoms with Gasteiger partial charge in [-0.2, -0.15) is 13.2 Å². The molecule has 1 rings (SSSR count). The minimum atomic E-state index is -4.39. The van der Waals surface area contributed by atoms with Gasteiger partial charge < -0.3 is 11.1 Å². The second-order valence-electron chi connectivity index (χ2n) is 3.12. The molecule has 1 fully saturated rings. The monoisotopic (exact) mass is 196 g/mol. The van der Waals surface area contributed by atoms with E-state index >= 15 is 0 Å². The molecule has 0 spiro atoms. The third kappa shape index (κ3) is 2.33. The summed E-state index contributed by atoms with van der Waals surface area (Å²) < 4.78 is 36.8. The Labute approximate surface area is 73.5 Å². The predicted molar refractivity (Wildman–Crippen MR) is 39.8 cm³/mol. The van der Waals surface area contributed by atoms with Gasteiger partial charge in [-0.3, -0.25) is 4.79 Å². The molecule has 1 aliphatic rings. The normalized spacial score (nSPS) is 30.1. The molecule has 6 heteroatoms. The average Bonchev–Trinajstić information content (AvgIpc) is 2.03. The van der Waals surface area contributed by atoms with E-state index in [4.69, 9.17) is 5.73 Å². The molecule has 0 aromatic carbocycles. The summed E-state index contributed by atoms with van der Waals surface area (Å²) in [5.41, 5.74) is 4.88. The van der Waals surface area contributed by atoms with Crippen molar-refractivity contribution in [2.45, 2.75) is 25.1 Å². The van der Waals surface area contributed by atoms with Gasteiger partial charge in [-0.1, -0.05) is 0 Å². The lowest BCUT2D eigenvalue weighted by atomic mass is 9.90. The molecule has 13 heavy (non-hydrogen) atoms. The Morgan fingerprint density at radius 1 is 1.46 bits per heavy atom. The molecule has 2 unspecified atom stereocenters. The Bertz CT molecular complexity index is 204. The van der Waals surface area contributed by atoms with Crippen molar-refractivity contribution >= 4 is 5.91 Å². The lowest BCUT2D eigenvalue weighted by Crippen LogP contribution is -2.54. The largest absolute Gasteiger partial charge is 0.404 e. The van der Waals surface area contributed by atoms with Gasteiger partial charge in [-0.15, -0.1) is 0 Å². The number of halogens is 3. The van der Waals surface area contributed by atoms with Gasteiger partial charge in [-0.25, -0.2) is 0 Å². The van der Waals surface area contributed by atoms with E-state index < -0.39 is 24.0 Å². The van der Waals surface area contributed by atoms with Crippen molar-refractivity contribution in [3.8, 4) is 0 Å². The molecule has 1 saturated heterocycles. The first kappa shape index (κ1) is 10.3. The van der Waals surface area contributed by atoms with Crippen molar-refractivity contribution < 1.29 is 18.0 Å². The Hall–Kier alpha value is -0.780.